The molecule has 2 aromatic heterocycles. The average molecular weight is 591 g/mol. The number of nitrogens with zero attached hydrogens (tertiary/aromatic N) is 2. The normalized spacial score (nSPS) is 14.0. The number of pyridine rings is 1. The van der Waals surface area contributed by atoms with Crippen LogP contribution in [0.2, 0.25) is 10.0 Å². The number of amides is 1. The van der Waals surface area contributed by atoms with Crippen LogP contribution in [0.1, 0.15) is 35.3 Å². The number of hydrogen-bond donors (Lipinski definition) is 3. The molecule has 7 nitrogen and oxygen atoms in total. The molecule has 4 aromatic rings. The molecule has 0 spiro atoms. The predicted molar refractivity (Wildman–Crippen MR) is 139 cm³/mol. The fourth-order valence-corrected chi connectivity index (χ4v) is 4.58. The molecule has 0 saturated heterocycles. The van der Waals surface area contributed by atoms with Crippen molar-refractivity contribution in [3.05, 3.63) is 69.2 Å². The molecule has 0 atom stereocenters. The second-order valence-electron chi connectivity index (χ2n) is 9.00. The standard InChI is InChI=1S/C24H17Cl2F4N5O2.ClH/c1-23(2)7-12-18-17(33-22(34-18)35-19-14(25)8-31-9-15(19)26)6-11(20(12)37-23)21(36)32-10-3-4-16(27)13(5-10)24(28,29)30;/h3-6,8-9H,7H2,1-2H3,(H,32,36)(H2,31,33,34,35);1H. The lowest BCUT2D eigenvalue weighted by atomic mass is 9.98. The summed E-state index contributed by atoms with van der Waals surface area (Å²) in [7, 11) is 0. The Balaban J connectivity index is 0.00000336. The Labute approximate surface area is 229 Å². The largest absolute Gasteiger partial charge is 0.486 e. The molecular weight excluding hydrogens is 573 g/mol. The van der Waals surface area contributed by atoms with Crippen molar-refractivity contribution in [2.75, 3.05) is 10.6 Å². The number of H-pyrrole nitrogens is 1. The van der Waals surface area contributed by atoms with Gasteiger partial charge in [0.2, 0.25) is 5.95 Å². The van der Waals surface area contributed by atoms with Gasteiger partial charge in [0, 0.05) is 30.1 Å². The van der Waals surface area contributed by atoms with Crippen LogP contribution in [0.3, 0.4) is 0 Å². The van der Waals surface area contributed by atoms with E-state index >= 15 is 0 Å². The van der Waals surface area contributed by atoms with Gasteiger partial charge in [-0.1, -0.05) is 23.2 Å². The highest BCUT2D eigenvalue weighted by Gasteiger charge is 2.37. The van der Waals surface area contributed by atoms with E-state index in [1.807, 2.05) is 13.8 Å². The van der Waals surface area contributed by atoms with Crippen LogP contribution in [0, 0.1) is 5.82 Å². The summed E-state index contributed by atoms with van der Waals surface area (Å²) in [5.41, 5.74) is -0.289. The molecular formula is C24H18Cl3F4N5O2. The first-order chi connectivity index (χ1) is 17.3. The van der Waals surface area contributed by atoms with Gasteiger partial charge >= 0.3 is 6.18 Å². The number of imidazole rings is 1. The van der Waals surface area contributed by atoms with Crippen LogP contribution in [0.25, 0.3) is 11.0 Å². The highest BCUT2D eigenvalue weighted by atomic mass is 35.5. The zero-order valence-corrected chi connectivity index (χ0v) is 21.9. The van der Waals surface area contributed by atoms with Crippen molar-refractivity contribution in [1.82, 2.24) is 15.0 Å². The molecule has 0 fully saturated rings. The van der Waals surface area contributed by atoms with Crippen molar-refractivity contribution in [3.63, 3.8) is 0 Å². The van der Waals surface area contributed by atoms with Gasteiger partial charge in [-0.2, -0.15) is 13.2 Å². The van der Waals surface area contributed by atoms with Gasteiger partial charge in [0.05, 0.1) is 37.9 Å². The molecule has 0 aliphatic carbocycles. The first-order valence-corrected chi connectivity index (χ1v) is 11.6. The summed E-state index contributed by atoms with van der Waals surface area (Å²) >= 11 is 12.4. The third-order valence-electron chi connectivity index (χ3n) is 5.69. The first kappa shape index (κ1) is 27.7. The average Bonchev–Trinajstić information content (AvgIpc) is 3.35. The minimum absolute atomic E-state index is 0. The van der Waals surface area contributed by atoms with Crippen molar-refractivity contribution < 1.29 is 27.1 Å². The van der Waals surface area contributed by atoms with Crippen molar-refractivity contribution in [3.8, 4) is 5.75 Å². The zero-order valence-electron chi connectivity index (χ0n) is 19.6. The summed E-state index contributed by atoms with van der Waals surface area (Å²) in [4.78, 5) is 24.7. The lowest BCUT2D eigenvalue weighted by Gasteiger charge is -2.18. The number of aromatic amines is 1. The van der Waals surface area contributed by atoms with E-state index in [9.17, 15) is 22.4 Å². The highest BCUT2D eigenvalue weighted by Crippen LogP contribution is 2.43. The van der Waals surface area contributed by atoms with Crippen molar-refractivity contribution in [2.45, 2.75) is 32.0 Å². The van der Waals surface area contributed by atoms with Gasteiger partial charge in [-0.05, 0) is 38.1 Å². The minimum Gasteiger partial charge on any atom is -0.486 e. The Bertz CT molecular complexity index is 1550. The number of halogens is 7. The number of nitrogens with one attached hydrogen (secondary N) is 3. The van der Waals surface area contributed by atoms with Crippen LogP contribution in [-0.4, -0.2) is 26.5 Å². The van der Waals surface area contributed by atoms with Crippen molar-refractivity contribution >= 4 is 69.9 Å². The molecule has 14 heteroatoms. The van der Waals surface area contributed by atoms with E-state index in [1.54, 1.807) is 0 Å². The van der Waals surface area contributed by atoms with E-state index in [0.29, 0.717) is 40.8 Å². The highest BCUT2D eigenvalue weighted by molar-refractivity contribution is 6.39. The van der Waals surface area contributed by atoms with Gasteiger partial charge < -0.3 is 20.4 Å². The van der Waals surface area contributed by atoms with Crippen molar-refractivity contribution in [1.29, 1.82) is 0 Å². The molecule has 2 aromatic carbocycles. The molecule has 0 bridgehead atoms. The number of aromatic nitrogens is 3. The monoisotopic (exact) mass is 589 g/mol. The SMILES string of the molecule is CC1(C)Cc2c(c(C(=O)Nc3ccc(F)c(C(F)(F)F)c3)cc3nc(Nc4c(Cl)cncc4Cl)[nH]c23)O1.Cl. The van der Waals surface area contributed by atoms with Gasteiger partial charge in [-0.3, -0.25) is 9.78 Å². The smallest absolute Gasteiger partial charge is 0.419 e. The number of fused-ring (bicyclic) bond motifs is 3. The zero-order chi connectivity index (χ0) is 26.7. The summed E-state index contributed by atoms with van der Waals surface area (Å²) in [6, 6.07) is 3.68. The molecule has 1 aliphatic rings. The number of benzene rings is 2. The molecule has 200 valence electrons. The molecule has 1 amide bonds. The third-order valence-corrected chi connectivity index (χ3v) is 6.26. The fourth-order valence-electron chi connectivity index (χ4n) is 4.12. The predicted octanol–water partition coefficient (Wildman–Crippen LogP) is 7.55. The molecule has 38 heavy (non-hydrogen) atoms. The number of alkyl halides is 3. The summed E-state index contributed by atoms with van der Waals surface area (Å²) in [5, 5.41) is 5.93. The molecule has 0 radical (unpaired) electrons. The second kappa shape index (κ2) is 9.79. The van der Waals surface area contributed by atoms with Crippen LogP contribution in [0.4, 0.5) is 34.9 Å². The fraction of sp³-hybridized carbons (Fsp3) is 0.208. The summed E-state index contributed by atoms with van der Waals surface area (Å²) in [6.07, 6.45) is -1.67. The summed E-state index contributed by atoms with van der Waals surface area (Å²) in [5.74, 6) is -1.64. The van der Waals surface area contributed by atoms with Crippen molar-refractivity contribution in [2.24, 2.45) is 0 Å². The number of ether oxygens (including phenoxy) is 1. The van der Waals surface area contributed by atoms with E-state index in [-0.39, 0.29) is 45.4 Å². The summed E-state index contributed by atoms with van der Waals surface area (Å²) in [6.45, 7) is 3.67. The van der Waals surface area contributed by atoms with E-state index < -0.39 is 29.1 Å². The number of carbonyl (C=O) groups excluding carboxylic acids is 1. The Kier molecular flexibility index (Phi) is 7.15. The van der Waals surface area contributed by atoms with E-state index in [1.165, 1.54) is 18.5 Å². The minimum atomic E-state index is -4.92. The summed E-state index contributed by atoms with van der Waals surface area (Å²) < 4.78 is 59.1. The lowest BCUT2D eigenvalue weighted by molar-refractivity contribution is -0.139. The van der Waals surface area contributed by atoms with Crippen LogP contribution < -0.4 is 15.4 Å². The number of carbonyl (C=O) groups is 1. The van der Waals surface area contributed by atoms with E-state index in [2.05, 4.69) is 25.6 Å². The molecule has 3 N–H and O–H groups in total. The maximum Gasteiger partial charge on any atom is 0.419 e. The van der Waals surface area contributed by atoms with Crippen LogP contribution in [0.15, 0.2) is 36.7 Å². The van der Waals surface area contributed by atoms with Crippen LogP contribution >= 0.6 is 35.6 Å². The Morgan fingerprint density at radius 1 is 1.16 bits per heavy atom. The van der Waals surface area contributed by atoms with Gasteiger partial charge in [0.15, 0.2) is 0 Å². The van der Waals surface area contributed by atoms with Crippen LogP contribution in [0.5, 0.6) is 5.75 Å². The molecule has 1 aliphatic heterocycles. The first-order valence-electron chi connectivity index (χ1n) is 10.8. The second-order valence-corrected chi connectivity index (χ2v) is 9.81. The van der Waals surface area contributed by atoms with Gasteiger partial charge in [-0.25, -0.2) is 9.37 Å². The number of anilines is 3. The Morgan fingerprint density at radius 3 is 2.50 bits per heavy atom. The van der Waals surface area contributed by atoms with Crippen LogP contribution in [-0.2, 0) is 12.6 Å². The van der Waals surface area contributed by atoms with Gasteiger partial charge in [0.1, 0.15) is 17.2 Å². The molecule has 3 heterocycles. The molecule has 5 rings (SSSR count). The third kappa shape index (κ3) is 5.18. The quantitative estimate of drug-likeness (QED) is 0.214. The molecule has 0 unspecified atom stereocenters. The van der Waals surface area contributed by atoms with Gasteiger partial charge in [0.25, 0.3) is 5.91 Å². The number of hydrogen-bond acceptors (Lipinski definition) is 5. The van der Waals surface area contributed by atoms with E-state index in [4.69, 9.17) is 27.9 Å². The Morgan fingerprint density at radius 2 is 1.84 bits per heavy atom. The maximum atomic E-state index is 13.7. The Hall–Kier alpha value is -3.28. The van der Waals surface area contributed by atoms with Gasteiger partial charge in [-0.15, -0.1) is 12.4 Å². The topological polar surface area (TPSA) is 91.9 Å². The lowest BCUT2D eigenvalue weighted by Crippen LogP contribution is -2.25. The maximum absolute atomic E-state index is 13.7. The van der Waals surface area contributed by atoms with E-state index in [0.717, 1.165) is 6.07 Å². The number of rotatable bonds is 4. The molecule has 0 saturated carbocycles.